The van der Waals surface area contributed by atoms with E-state index in [2.05, 4.69) is 20.8 Å². The molecule has 0 spiro atoms. The van der Waals surface area contributed by atoms with Gasteiger partial charge in [-0.1, -0.05) is 18.2 Å². The molecule has 1 aromatic heterocycles. The highest BCUT2D eigenvalue weighted by molar-refractivity contribution is 6.39. The fraction of sp³-hybridized carbons (Fsp3) is 0. The van der Waals surface area contributed by atoms with E-state index in [-0.39, 0.29) is 11.6 Å². The molecule has 0 unspecified atom stereocenters. The molecule has 0 aliphatic heterocycles. The van der Waals surface area contributed by atoms with Gasteiger partial charge >= 0.3 is 11.8 Å². The Bertz CT molecular complexity index is 671. The highest BCUT2D eigenvalue weighted by atomic mass is 16.3. The van der Waals surface area contributed by atoms with Crippen molar-refractivity contribution in [3.63, 3.8) is 0 Å². The Labute approximate surface area is 120 Å². The molecular formula is C14H12N4O3. The van der Waals surface area contributed by atoms with Gasteiger partial charge in [0.1, 0.15) is 11.6 Å². The zero-order valence-electron chi connectivity index (χ0n) is 10.9. The average molecular weight is 284 g/mol. The molecule has 2 rings (SSSR count). The minimum Gasteiger partial charge on any atom is -0.507 e. The Morgan fingerprint density at radius 2 is 1.86 bits per heavy atom. The van der Waals surface area contributed by atoms with Crippen molar-refractivity contribution in [3.05, 3.63) is 54.2 Å². The van der Waals surface area contributed by atoms with Gasteiger partial charge in [0.05, 0.1) is 6.21 Å². The van der Waals surface area contributed by atoms with Gasteiger partial charge in [-0.15, -0.1) is 0 Å². The van der Waals surface area contributed by atoms with Crippen molar-refractivity contribution >= 4 is 23.8 Å². The van der Waals surface area contributed by atoms with Crippen LogP contribution in [0.25, 0.3) is 0 Å². The minimum atomic E-state index is -0.938. The van der Waals surface area contributed by atoms with Crippen molar-refractivity contribution < 1.29 is 14.7 Å². The van der Waals surface area contributed by atoms with Crippen molar-refractivity contribution in [1.29, 1.82) is 0 Å². The third-order valence-corrected chi connectivity index (χ3v) is 2.42. The topological polar surface area (TPSA) is 104 Å². The molecule has 7 heteroatoms. The summed E-state index contributed by atoms with van der Waals surface area (Å²) in [4.78, 5) is 26.9. The molecule has 1 heterocycles. The molecule has 21 heavy (non-hydrogen) atoms. The summed E-state index contributed by atoms with van der Waals surface area (Å²) in [6.07, 6.45) is 2.73. The SMILES string of the molecule is O=C(N/N=C\c1ccccc1O)C(=O)Nc1ccccn1. The molecule has 0 aliphatic rings. The molecule has 2 aromatic rings. The molecule has 106 valence electrons. The van der Waals surface area contributed by atoms with Crippen LogP contribution in [-0.4, -0.2) is 28.1 Å². The van der Waals surface area contributed by atoms with Gasteiger partial charge in [0.2, 0.25) is 0 Å². The van der Waals surface area contributed by atoms with Crippen LogP contribution in [0.4, 0.5) is 5.82 Å². The fourth-order valence-electron chi connectivity index (χ4n) is 1.42. The second kappa shape index (κ2) is 6.80. The van der Waals surface area contributed by atoms with Crippen LogP contribution < -0.4 is 10.7 Å². The van der Waals surface area contributed by atoms with Crippen molar-refractivity contribution in [1.82, 2.24) is 10.4 Å². The number of anilines is 1. The lowest BCUT2D eigenvalue weighted by atomic mass is 10.2. The summed E-state index contributed by atoms with van der Waals surface area (Å²) in [6.45, 7) is 0. The standard InChI is InChI=1S/C14H12N4O3/c19-11-6-2-1-5-10(11)9-16-18-14(21)13(20)17-12-7-3-4-8-15-12/h1-9,19H,(H,18,21)(H,15,17,20)/b16-9-. The summed E-state index contributed by atoms with van der Waals surface area (Å²) < 4.78 is 0. The van der Waals surface area contributed by atoms with Gasteiger partial charge in [0, 0.05) is 11.8 Å². The third-order valence-electron chi connectivity index (χ3n) is 2.42. The molecule has 0 saturated carbocycles. The summed E-state index contributed by atoms with van der Waals surface area (Å²) in [5.74, 6) is -1.54. The molecule has 2 amide bonds. The van der Waals surface area contributed by atoms with Crippen LogP contribution in [0.15, 0.2) is 53.8 Å². The third kappa shape index (κ3) is 4.13. The molecular weight excluding hydrogens is 272 g/mol. The number of hydrazone groups is 1. The van der Waals surface area contributed by atoms with E-state index in [0.717, 1.165) is 0 Å². The number of rotatable bonds is 3. The summed E-state index contributed by atoms with van der Waals surface area (Å²) in [7, 11) is 0. The number of carbonyl (C=O) groups is 2. The lowest BCUT2D eigenvalue weighted by Crippen LogP contribution is -2.32. The number of aromatic hydroxyl groups is 1. The molecule has 0 saturated heterocycles. The molecule has 0 aliphatic carbocycles. The Balaban J connectivity index is 1.90. The fourth-order valence-corrected chi connectivity index (χ4v) is 1.42. The number of hydrogen-bond acceptors (Lipinski definition) is 5. The Hall–Kier alpha value is -3.22. The maximum absolute atomic E-state index is 11.5. The monoisotopic (exact) mass is 284 g/mol. The van der Waals surface area contributed by atoms with Crippen LogP contribution in [0.1, 0.15) is 5.56 Å². The maximum Gasteiger partial charge on any atom is 0.329 e. The van der Waals surface area contributed by atoms with Gasteiger partial charge in [-0.2, -0.15) is 5.10 Å². The second-order valence-electron chi connectivity index (χ2n) is 3.93. The van der Waals surface area contributed by atoms with E-state index in [1.807, 2.05) is 0 Å². The number of pyridine rings is 1. The summed E-state index contributed by atoms with van der Waals surface area (Å²) in [6, 6.07) is 11.4. The van der Waals surface area contributed by atoms with E-state index in [0.29, 0.717) is 5.56 Å². The highest BCUT2D eigenvalue weighted by Crippen LogP contribution is 2.12. The van der Waals surface area contributed by atoms with Crippen LogP contribution >= 0.6 is 0 Å². The number of phenolic OH excluding ortho intramolecular Hbond substituents is 1. The van der Waals surface area contributed by atoms with E-state index in [4.69, 9.17) is 0 Å². The van der Waals surface area contributed by atoms with Crippen molar-refractivity contribution in [2.75, 3.05) is 5.32 Å². The predicted octanol–water partition coefficient (Wildman–Crippen LogP) is 0.876. The normalized spacial score (nSPS) is 10.3. The van der Waals surface area contributed by atoms with Crippen molar-refractivity contribution in [2.45, 2.75) is 0 Å². The Morgan fingerprint density at radius 1 is 1.10 bits per heavy atom. The molecule has 0 bridgehead atoms. The van der Waals surface area contributed by atoms with Gasteiger partial charge < -0.3 is 10.4 Å². The number of phenols is 1. The van der Waals surface area contributed by atoms with Crippen molar-refractivity contribution in [2.24, 2.45) is 5.10 Å². The molecule has 0 atom stereocenters. The zero-order valence-corrected chi connectivity index (χ0v) is 10.9. The number of amides is 2. The summed E-state index contributed by atoms with van der Waals surface area (Å²) >= 11 is 0. The minimum absolute atomic E-state index is 0.0217. The molecule has 0 fully saturated rings. The zero-order chi connectivity index (χ0) is 15.1. The van der Waals surface area contributed by atoms with Crippen LogP contribution in [0.3, 0.4) is 0 Å². The quantitative estimate of drug-likeness (QED) is 0.442. The smallest absolute Gasteiger partial charge is 0.329 e. The van der Waals surface area contributed by atoms with Gasteiger partial charge in [0.25, 0.3) is 0 Å². The van der Waals surface area contributed by atoms with Gasteiger partial charge in [-0.3, -0.25) is 9.59 Å². The van der Waals surface area contributed by atoms with E-state index < -0.39 is 11.8 Å². The van der Waals surface area contributed by atoms with Gasteiger partial charge in [-0.25, -0.2) is 10.4 Å². The Morgan fingerprint density at radius 3 is 2.57 bits per heavy atom. The first-order chi connectivity index (χ1) is 10.2. The summed E-state index contributed by atoms with van der Waals surface area (Å²) in [5, 5.41) is 15.4. The maximum atomic E-state index is 11.5. The van der Waals surface area contributed by atoms with Gasteiger partial charge in [-0.05, 0) is 24.3 Å². The van der Waals surface area contributed by atoms with Crippen molar-refractivity contribution in [3.8, 4) is 5.75 Å². The second-order valence-corrected chi connectivity index (χ2v) is 3.93. The van der Waals surface area contributed by atoms with Crippen LogP contribution in [-0.2, 0) is 9.59 Å². The largest absolute Gasteiger partial charge is 0.507 e. The van der Waals surface area contributed by atoms with Crippen LogP contribution in [0.2, 0.25) is 0 Å². The number of carbonyl (C=O) groups excluding carboxylic acids is 2. The first-order valence-electron chi connectivity index (χ1n) is 6.00. The molecule has 7 nitrogen and oxygen atoms in total. The number of hydrogen-bond donors (Lipinski definition) is 3. The van der Waals surface area contributed by atoms with E-state index in [1.54, 1.807) is 36.4 Å². The lowest BCUT2D eigenvalue weighted by Gasteiger charge is -2.02. The number of nitrogens with one attached hydrogen (secondary N) is 2. The van der Waals surface area contributed by atoms with Crippen LogP contribution in [0, 0.1) is 0 Å². The number of aromatic nitrogens is 1. The average Bonchev–Trinajstić information content (AvgIpc) is 2.50. The first-order valence-corrected chi connectivity index (χ1v) is 6.00. The highest BCUT2D eigenvalue weighted by Gasteiger charge is 2.12. The molecule has 1 aromatic carbocycles. The Kier molecular flexibility index (Phi) is 4.60. The lowest BCUT2D eigenvalue weighted by molar-refractivity contribution is -0.136. The predicted molar refractivity (Wildman–Crippen MR) is 76.7 cm³/mol. The van der Waals surface area contributed by atoms with E-state index >= 15 is 0 Å². The van der Waals surface area contributed by atoms with E-state index in [1.165, 1.54) is 18.5 Å². The molecule has 3 N–H and O–H groups in total. The first kappa shape index (κ1) is 14.2. The van der Waals surface area contributed by atoms with Crippen LogP contribution in [0.5, 0.6) is 5.75 Å². The van der Waals surface area contributed by atoms with Gasteiger partial charge in [0.15, 0.2) is 0 Å². The summed E-state index contributed by atoms with van der Waals surface area (Å²) in [5.41, 5.74) is 2.48. The number of nitrogens with zero attached hydrogens (tertiary/aromatic N) is 2. The van der Waals surface area contributed by atoms with E-state index in [9.17, 15) is 14.7 Å². The molecule has 0 radical (unpaired) electrons. The number of benzene rings is 1. The number of para-hydroxylation sites is 1.